The molecule has 0 radical (unpaired) electrons. The summed E-state index contributed by atoms with van der Waals surface area (Å²) in [5.74, 6) is 1.35. The van der Waals surface area contributed by atoms with Crippen LogP contribution in [0.3, 0.4) is 0 Å². The van der Waals surface area contributed by atoms with Crippen LogP contribution in [0.25, 0.3) is 0 Å². The van der Waals surface area contributed by atoms with Crippen molar-refractivity contribution in [2.24, 2.45) is 11.8 Å². The molecule has 2 aromatic rings. The molecule has 0 unspecified atom stereocenters. The number of alkyl halides is 3. The fourth-order valence-electron chi connectivity index (χ4n) is 4.47. The van der Waals surface area contributed by atoms with E-state index in [1.165, 1.54) is 12.1 Å². The van der Waals surface area contributed by atoms with Crippen molar-refractivity contribution in [3.8, 4) is 11.5 Å². The molecule has 1 aliphatic heterocycles. The monoisotopic (exact) mass is 507 g/mol. The highest BCUT2D eigenvalue weighted by Gasteiger charge is 2.33. The normalized spacial score (nSPS) is 17.9. The molecule has 196 valence electrons. The molecule has 7 nitrogen and oxygen atoms in total. The molecular formula is C26H32F3N3O4. The molecule has 2 N–H and O–H groups in total. The number of hydrogen-bond acceptors (Lipinski definition) is 4. The van der Waals surface area contributed by atoms with E-state index in [-0.39, 0.29) is 23.4 Å². The molecule has 1 saturated heterocycles. The van der Waals surface area contributed by atoms with Gasteiger partial charge >= 0.3 is 12.2 Å². The standard InChI is InChI=1S/C26H32F3N3O4/c1-4-18-16-32(25(34)31-21-7-5-6-20(14-21)26(27,28)29)11-10-19(18)13-24(33)30-15-17-8-9-22(35-2)23(12-17)36-3/h5-9,12,14,18-19H,4,10-11,13,15-16H2,1-3H3,(H,30,33)(H,31,34)/t18-,19+/m1/s1. The maximum absolute atomic E-state index is 13.0. The van der Waals surface area contributed by atoms with Crippen molar-refractivity contribution in [1.82, 2.24) is 10.2 Å². The van der Waals surface area contributed by atoms with Crippen molar-refractivity contribution >= 4 is 17.6 Å². The smallest absolute Gasteiger partial charge is 0.416 e. The summed E-state index contributed by atoms with van der Waals surface area (Å²) in [7, 11) is 3.11. The van der Waals surface area contributed by atoms with Crippen molar-refractivity contribution in [1.29, 1.82) is 0 Å². The molecule has 2 atom stereocenters. The number of benzene rings is 2. The first kappa shape index (κ1) is 27.2. The van der Waals surface area contributed by atoms with Gasteiger partial charge in [0.1, 0.15) is 0 Å². The second-order valence-electron chi connectivity index (χ2n) is 8.84. The number of nitrogens with zero attached hydrogens (tertiary/aromatic N) is 1. The van der Waals surface area contributed by atoms with Crippen molar-refractivity contribution in [2.75, 3.05) is 32.6 Å². The molecule has 1 aliphatic rings. The fraction of sp³-hybridized carbons (Fsp3) is 0.462. The molecule has 10 heteroatoms. The molecular weight excluding hydrogens is 475 g/mol. The van der Waals surface area contributed by atoms with E-state index < -0.39 is 17.8 Å². The average Bonchev–Trinajstić information content (AvgIpc) is 2.87. The Morgan fingerprint density at radius 2 is 1.81 bits per heavy atom. The van der Waals surface area contributed by atoms with Gasteiger partial charge in [-0.15, -0.1) is 0 Å². The van der Waals surface area contributed by atoms with Crippen LogP contribution in [-0.2, 0) is 17.5 Å². The molecule has 36 heavy (non-hydrogen) atoms. The number of nitrogens with one attached hydrogen (secondary N) is 2. The van der Waals surface area contributed by atoms with Crippen LogP contribution in [0.4, 0.5) is 23.7 Å². The first-order valence-electron chi connectivity index (χ1n) is 11.8. The van der Waals surface area contributed by atoms with Gasteiger partial charge in [0.25, 0.3) is 0 Å². The zero-order valence-electron chi connectivity index (χ0n) is 20.7. The number of amides is 3. The summed E-state index contributed by atoms with van der Waals surface area (Å²) in [5, 5.41) is 5.51. The number of methoxy groups -OCH3 is 2. The zero-order chi connectivity index (χ0) is 26.3. The van der Waals surface area contributed by atoms with E-state index in [9.17, 15) is 22.8 Å². The Kier molecular flexibility index (Phi) is 9.06. The molecule has 1 heterocycles. The van der Waals surface area contributed by atoms with E-state index in [1.807, 2.05) is 19.1 Å². The van der Waals surface area contributed by atoms with Crippen LogP contribution in [0.15, 0.2) is 42.5 Å². The highest BCUT2D eigenvalue weighted by molar-refractivity contribution is 5.89. The third kappa shape index (κ3) is 7.05. The number of anilines is 1. The first-order valence-corrected chi connectivity index (χ1v) is 11.8. The predicted octanol–water partition coefficient (Wildman–Crippen LogP) is 5.31. The second kappa shape index (κ2) is 12.0. The Morgan fingerprint density at radius 1 is 1.06 bits per heavy atom. The highest BCUT2D eigenvalue weighted by atomic mass is 19.4. The zero-order valence-corrected chi connectivity index (χ0v) is 20.7. The maximum atomic E-state index is 13.0. The molecule has 0 aromatic heterocycles. The molecule has 2 aromatic carbocycles. The van der Waals surface area contributed by atoms with Crippen molar-refractivity contribution < 1.29 is 32.2 Å². The van der Waals surface area contributed by atoms with Crippen LogP contribution in [0.5, 0.6) is 11.5 Å². The number of piperidine rings is 1. The van der Waals surface area contributed by atoms with Crippen LogP contribution in [0, 0.1) is 11.8 Å². The molecule has 0 saturated carbocycles. The summed E-state index contributed by atoms with van der Waals surface area (Å²) in [4.78, 5) is 27.0. The van der Waals surface area contributed by atoms with E-state index in [1.54, 1.807) is 25.2 Å². The molecule has 3 amide bonds. The van der Waals surface area contributed by atoms with Gasteiger partial charge in [0, 0.05) is 31.7 Å². The number of hydrogen-bond donors (Lipinski definition) is 2. The molecule has 0 aliphatic carbocycles. The van der Waals surface area contributed by atoms with Crippen LogP contribution >= 0.6 is 0 Å². The van der Waals surface area contributed by atoms with Crippen LogP contribution in [-0.4, -0.2) is 44.1 Å². The molecule has 0 bridgehead atoms. The van der Waals surface area contributed by atoms with Crippen LogP contribution in [0.2, 0.25) is 0 Å². The quantitative estimate of drug-likeness (QED) is 0.508. The van der Waals surface area contributed by atoms with Crippen molar-refractivity contribution in [2.45, 2.75) is 38.9 Å². The predicted molar refractivity (Wildman–Crippen MR) is 130 cm³/mol. The van der Waals surface area contributed by atoms with E-state index in [4.69, 9.17) is 9.47 Å². The number of ether oxygens (including phenoxy) is 2. The number of likely N-dealkylation sites (tertiary alicyclic amines) is 1. The Balaban J connectivity index is 1.52. The summed E-state index contributed by atoms with van der Waals surface area (Å²) in [6, 6.07) is 9.60. The van der Waals surface area contributed by atoms with E-state index in [0.717, 1.165) is 24.1 Å². The first-order chi connectivity index (χ1) is 17.1. The Labute approximate surface area is 208 Å². The summed E-state index contributed by atoms with van der Waals surface area (Å²) < 4.78 is 49.4. The summed E-state index contributed by atoms with van der Waals surface area (Å²) in [6.07, 6.45) is -2.72. The summed E-state index contributed by atoms with van der Waals surface area (Å²) in [6.45, 7) is 3.23. The SMILES string of the molecule is CC[C@@H]1CN(C(=O)Nc2cccc(C(F)(F)F)c2)CC[C@H]1CC(=O)NCc1ccc(OC)c(OC)c1. The largest absolute Gasteiger partial charge is 0.493 e. The number of halogens is 3. The number of urea groups is 1. The Bertz CT molecular complexity index is 1060. The van der Waals surface area contributed by atoms with Gasteiger partial charge in [-0.25, -0.2) is 4.79 Å². The lowest BCUT2D eigenvalue weighted by atomic mass is 9.81. The van der Waals surface area contributed by atoms with E-state index in [0.29, 0.717) is 44.0 Å². The lowest BCUT2D eigenvalue weighted by Crippen LogP contribution is -2.46. The molecule has 3 rings (SSSR count). The van der Waals surface area contributed by atoms with Crippen LogP contribution < -0.4 is 20.1 Å². The number of carbonyl (C=O) groups is 2. The molecule has 0 spiro atoms. The van der Waals surface area contributed by atoms with E-state index in [2.05, 4.69) is 10.6 Å². The minimum Gasteiger partial charge on any atom is -0.493 e. The van der Waals surface area contributed by atoms with Gasteiger partial charge in [-0.1, -0.05) is 25.5 Å². The van der Waals surface area contributed by atoms with Gasteiger partial charge in [-0.2, -0.15) is 13.2 Å². The van der Waals surface area contributed by atoms with Gasteiger partial charge in [0.15, 0.2) is 11.5 Å². The highest BCUT2D eigenvalue weighted by Crippen LogP contribution is 2.32. The lowest BCUT2D eigenvalue weighted by molar-refractivity contribution is -0.137. The minimum atomic E-state index is -4.48. The Hall–Kier alpha value is -3.43. The van der Waals surface area contributed by atoms with Crippen molar-refractivity contribution in [3.05, 3.63) is 53.6 Å². The third-order valence-electron chi connectivity index (χ3n) is 6.53. The maximum Gasteiger partial charge on any atom is 0.416 e. The van der Waals surface area contributed by atoms with Crippen molar-refractivity contribution in [3.63, 3.8) is 0 Å². The summed E-state index contributed by atoms with van der Waals surface area (Å²) in [5.41, 5.74) is 0.165. The van der Waals surface area contributed by atoms with Crippen LogP contribution in [0.1, 0.15) is 37.3 Å². The summed E-state index contributed by atoms with van der Waals surface area (Å²) >= 11 is 0. The van der Waals surface area contributed by atoms with E-state index >= 15 is 0 Å². The lowest BCUT2D eigenvalue weighted by Gasteiger charge is -2.38. The third-order valence-corrected chi connectivity index (χ3v) is 6.53. The van der Waals surface area contributed by atoms with Gasteiger partial charge in [0.2, 0.25) is 5.91 Å². The average molecular weight is 508 g/mol. The van der Waals surface area contributed by atoms with Gasteiger partial charge in [-0.3, -0.25) is 4.79 Å². The molecule has 1 fully saturated rings. The number of carbonyl (C=O) groups excluding carboxylic acids is 2. The van der Waals surface area contributed by atoms with Gasteiger partial charge in [0.05, 0.1) is 19.8 Å². The fourth-order valence-corrected chi connectivity index (χ4v) is 4.47. The minimum absolute atomic E-state index is 0.0740. The topological polar surface area (TPSA) is 79.9 Å². The van der Waals surface area contributed by atoms with Gasteiger partial charge < -0.3 is 25.0 Å². The van der Waals surface area contributed by atoms with Gasteiger partial charge in [-0.05, 0) is 54.2 Å². The Morgan fingerprint density at radius 3 is 2.47 bits per heavy atom. The number of rotatable bonds is 8. The second-order valence-corrected chi connectivity index (χ2v) is 8.84.